The lowest BCUT2D eigenvalue weighted by Crippen LogP contribution is -2.32. The van der Waals surface area contributed by atoms with E-state index in [-0.39, 0.29) is 16.2 Å². The van der Waals surface area contributed by atoms with Crippen LogP contribution in [0.25, 0.3) is 0 Å². The molecular weight excluding hydrogens is 518 g/mol. The van der Waals surface area contributed by atoms with Gasteiger partial charge in [0.15, 0.2) is 11.5 Å². The highest BCUT2D eigenvalue weighted by Crippen LogP contribution is 2.53. The van der Waals surface area contributed by atoms with Crippen LogP contribution < -0.4 is 19.2 Å². The summed E-state index contributed by atoms with van der Waals surface area (Å²) < 4.78 is 11.4. The average molecular weight is 542 g/mol. The fraction of sp³-hybridized carbons (Fsp3) is 0.320. The molecule has 12 heteroatoms. The number of nitrogens with one attached hydrogen (secondary N) is 1. The van der Waals surface area contributed by atoms with Gasteiger partial charge in [-0.1, -0.05) is 43.0 Å². The lowest BCUT2D eigenvalue weighted by molar-refractivity contribution is -0.384. The molecule has 2 aliphatic heterocycles. The summed E-state index contributed by atoms with van der Waals surface area (Å²) in [5.41, 5.74) is 0.840. The Morgan fingerprint density at radius 2 is 1.81 bits per heavy atom. The largest absolute Gasteiger partial charge is 0.493 e. The third-order valence-electron chi connectivity index (χ3n) is 6.26. The number of thioether (sulfide) groups is 1. The molecule has 0 saturated carbocycles. The van der Waals surface area contributed by atoms with E-state index in [1.807, 2.05) is 19.9 Å². The van der Waals surface area contributed by atoms with Crippen molar-refractivity contribution < 1.29 is 24.0 Å². The Morgan fingerprint density at radius 3 is 2.46 bits per heavy atom. The van der Waals surface area contributed by atoms with Crippen LogP contribution in [-0.2, 0) is 9.59 Å². The van der Waals surface area contributed by atoms with E-state index in [1.54, 1.807) is 12.1 Å². The highest BCUT2D eigenvalue weighted by Gasteiger charge is 2.56. The zero-order valence-corrected chi connectivity index (χ0v) is 21.8. The van der Waals surface area contributed by atoms with Gasteiger partial charge in [-0.3, -0.25) is 24.5 Å². The second-order valence-corrected chi connectivity index (χ2v) is 11.3. The molecule has 192 valence electrons. The number of nitro benzene ring substituents is 1. The number of thiazole rings is 1. The van der Waals surface area contributed by atoms with Gasteiger partial charge in [0.25, 0.3) is 5.69 Å². The average Bonchev–Trinajstić information content (AvgIpc) is 3.36. The number of ether oxygens (including phenoxy) is 2. The van der Waals surface area contributed by atoms with Crippen molar-refractivity contribution in [2.24, 2.45) is 11.8 Å². The Bertz CT molecular complexity index is 1450. The SMILES string of the molecule is COc1cc([C@@H]2c3sc(=O)[nH]c3S[C@H]3C(=O)N(c4ccc([N+](=O)[O-])cc4)C(=O)[C@@H]23)ccc1OCC(C)C. The molecule has 0 bridgehead atoms. The molecule has 1 saturated heterocycles. The first-order chi connectivity index (χ1) is 17.7. The number of fused-ring (bicyclic) bond motifs is 2. The third-order valence-corrected chi connectivity index (χ3v) is 8.66. The highest BCUT2D eigenvalue weighted by atomic mass is 32.2. The predicted molar refractivity (Wildman–Crippen MR) is 139 cm³/mol. The number of carbonyl (C=O) groups is 2. The molecule has 2 amide bonds. The van der Waals surface area contributed by atoms with Crippen LogP contribution in [0.4, 0.5) is 11.4 Å². The zero-order chi connectivity index (χ0) is 26.4. The number of rotatable bonds is 7. The molecule has 1 aromatic heterocycles. The van der Waals surface area contributed by atoms with E-state index < -0.39 is 33.8 Å². The quantitative estimate of drug-likeness (QED) is 0.268. The van der Waals surface area contributed by atoms with Crippen molar-refractivity contribution in [1.29, 1.82) is 0 Å². The van der Waals surface area contributed by atoms with Crippen molar-refractivity contribution in [2.75, 3.05) is 18.6 Å². The fourth-order valence-corrected chi connectivity index (χ4v) is 7.12. The van der Waals surface area contributed by atoms with Crippen molar-refractivity contribution in [2.45, 2.75) is 30.0 Å². The van der Waals surface area contributed by atoms with Gasteiger partial charge in [0.1, 0.15) is 5.25 Å². The van der Waals surface area contributed by atoms with E-state index in [9.17, 15) is 24.5 Å². The van der Waals surface area contributed by atoms with Crippen LogP contribution in [0.1, 0.15) is 30.2 Å². The Labute approximate surface area is 219 Å². The number of aromatic amines is 1. The van der Waals surface area contributed by atoms with Crippen molar-refractivity contribution in [1.82, 2.24) is 4.98 Å². The van der Waals surface area contributed by atoms with Gasteiger partial charge in [-0.25, -0.2) is 4.90 Å². The van der Waals surface area contributed by atoms with Gasteiger partial charge in [-0.05, 0) is 35.7 Å². The number of anilines is 1. The van der Waals surface area contributed by atoms with Gasteiger partial charge < -0.3 is 14.5 Å². The maximum absolute atomic E-state index is 13.8. The van der Waals surface area contributed by atoms with Crippen LogP contribution in [0.3, 0.4) is 0 Å². The molecule has 2 aliphatic rings. The summed E-state index contributed by atoms with van der Waals surface area (Å²) in [5.74, 6) is -0.844. The summed E-state index contributed by atoms with van der Waals surface area (Å²) in [7, 11) is 1.53. The lowest BCUT2D eigenvalue weighted by Gasteiger charge is -2.30. The second kappa shape index (κ2) is 9.67. The molecule has 0 aliphatic carbocycles. The minimum atomic E-state index is -0.779. The highest BCUT2D eigenvalue weighted by molar-refractivity contribution is 8.00. The number of hydrogen-bond acceptors (Lipinski definition) is 9. The lowest BCUT2D eigenvalue weighted by atomic mass is 9.83. The third kappa shape index (κ3) is 4.40. The summed E-state index contributed by atoms with van der Waals surface area (Å²) in [4.78, 5) is 54.4. The molecule has 3 atom stereocenters. The number of amides is 2. The molecule has 1 fully saturated rings. The molecule has 37 heavy (non-hydrogen) atoms. The maximum atomic E-state index is 13.8. The summed E-state index contributed by atoms with van der Waals surface area (Å²) in [5, 5.41) is 10.8. The van der Waals surface area contributed by atoms with Crippen LogP contribution in [0, 0.1) is 22.0 Å². The first-order valence-electron chi connectivity index (χ1n) is 11.5. The molecule has 2 aromatic carbocycles. The molecule has 5 rings (SSSR count). The van der Waals surface area contributed by atoms with E-state index in [1.165, 1.54) is 43.1 Å². The standard InChI is InChI=1S/C25H23N3O7S2/c1-12(2)11-35-16-9-4-13(10-17(16)34-3)18-19-21(36-22-20(18)37-25(31)26-22)24(30)27(23(19)29)14-5-7-15(8-6-14)28(32)33/h4-10,12,18-19,21H,11H2,1-3H3,(H,26,31)/t18-,19-,21+/m0/s1. The number of benzene rings is 2. The number of imide groups is 1. The summed E-state index contributed by atoms with van der Waals surface area (Å²) >= 11 is 2.19. The van der Waals surface area contributed by atoms with Crippen molar-refractivity contribution in [3.05, 3.63) is 72.7 Å². The van der Waals surface area contributed by atoms with E-state index in [0.717, 1.165) is 16.2 Å². The van der Waals surface area contributed by atoms with Crippen LogP contribution in [0.2, 0.25) is 0 Å². The monoisotopic (exact) mass is 541 g/mol. The number of carbonyl (C=O) groups excluding carboxylic acids is 2. The number of hydrogen-bond donors (Lipinski definition) is 1. The molecule has 0 unspecified atom stereocenters. The summed E-state index contributed by atoms with van der Waals surface area (Å²) in [6, 6.07) is 10.7. The Balaban J connectivity index is 1.57. The van der Waals surface area contributed by atoms with Gasteiger partial charge in [-0.15, -0.1) is 0 Å². The minimum absolute atomic E-state index is 0.140. The first kappa shape index (κ1) is 25.0. The van der Waals surface area contributed by atoms with Crippen LogP contribution >= 0.6 is 23.1 Å². The smallest absolute Gasteiger partial charge is 0.305 e. The van der Waals surface area contributed by atoms with E-state index >= 15 is 0 Å². The van der Waals surface area contributed by atoms with Gasteiger partial charge in [-0.2, -0.15) is 0 Å². The molecule has 0 spiro atoms. The van der Waals surface area contributed by atoms with Crippen molar-refractivity contribution in [3.63, 3.8) is 0 Å². The van der Waals surface area contributed by atoms with Crippen LogP contribution in [-0.4, -0.2) is 40.7 Å². The first-order valence-corrected chi connectivity index (χ1v) is 13.2. The van der Waals surface area contributed by atoms with Gasteiger partial charge in [0.05, 0.1) is 35.3 Å². The second-order valence-electron chi connectivity index (χ2n) is 9.15. The number of methoxy groups -OCH3 is 1. The van der Waals surface area contributed by atoms with E-state index in [0.29, 0.717) is 39.5 Å². The number of nitro groups is 1. The normalized spacial score (nSPS) is 20.6. The predicted octanol–water partition coefficient (Wildman–Crippen LogP) is 4.18. The van der Waals surface area contributed by atoms with Crippen molar-refractivity contribution in [3.8, 4) is 11.5 Å². The van der Waals surface area contributed by atoms with Crippen LogP contribution in [0.15, 0.2) is 52.3 Å². The minimum Gasteiger partial charge on any atom is -0.493 e. The molecule has 3 heterocycles. The number of nitrogens with zero attached hydrogens (tertiary/aromatic N) is 2. The topological polar surface area (TPSA) is 132 Å². The van der Waals surface area contributed by atoms with Crippen LogP contribution in [0.5, 0.6) is 11.5 Å². The summed E-state index contributed by atoms with van der Waals surface area (Å²) in [6.07, 6.45) is 0. The summed E-state index contributed by atoms with van der Waals surface area (Å²) in [6.45, 7) is 4.58. The fourth-order valence-electron chi connectivity index (χ4n) is 4.61. The number of aromatic nitrogens is 1. The molecule has 1 N–H and O–H groups in total. The molecule has 10 nitrogen and oxygen atoms in total. The number of non-ortho nitro benzene ring substituents is 1. The number of H-pyrrole nitrogens is 1. The Kier molecular flexibility index (Phi) is 6.54. The Hall–Kier alpha value is -3.64. The van der Waals surface area contributed by atoms with Crippen molar-refractivity contribution >= 4 is 46.3 Å². The Morgan fingerprint density at radius 1 is 1.08 bits per heavy atom. The molecule has 3 aromatic rings. The molecule has 0 radical (unpaired) electrons. The molecular formula is C25H23N3O7S2. The van der Waals surface area contributed by atoms with Gasteiger partial charge in [0.2, 0.25) is 11.8 Å². The van der Waals surface area contributed by atoms with E-state index in [4.69, 9.17) is 9.47 Å². The maximum Gasteiger partial charge on any atom is 0.305 e. The van der Waals surface area contributed by atoms with Gasteiger partial charge >= 0.3 is 4.87 Å². The van der Waals surface area contributed by atoms with E-state index in [2.05, 4.69) is 4.98 Å². The zero-order valence-electron chi connectivity index (χ0n) is 20.1. The van der Waals surface area contributed by atoms with Gasteiger partial charge in [0, 0.05) is 22.9 Å².